The number of rotatable bonds is 3. The molecule has 0 aromatic heterocycles. The minimum atomic E-state index is -0.665. The van der Waals surface area contributed by atoms with Gasteiger partial charge in [0.25, 0.3) is 0 Å². The molecule has 0 atom stereocenters. The van der Waals surface area contributed by atoms with Gasteiger partial charge in [-0.05, 0) is 43.9 Å². The van der Waals surface area contributed by atoms with Crippen LogP contribution in [0.4, 0.5) is 10.1 Å². The van der Waals surface area contributed by atoms with Crippen molar-refractivity contribution >= 4 is 17.6 Å². The van der Waals surface area contributed by atoms with E-state index in [1.165, 1.54) is 19.1 Å². The van der Waals surface area contributed by atoms with Gasteiger partial charge in [0.05, 0.1) is 5.56 Å². The van der Waals surface area contributed by atoms with Gasteiger partial charge in [-0.2, -0.15) is 0 Å². The Hall–Kier alpha value is -1.91. The van der Waals surface area contributed by atoms with Gasteiger partial charge in [0.15, 0.2) is 0 Å². The van der Waals surface area contributed by atoms with Gasteiger partial charge in [0, 0.05) is 12.6 Å². The summed E-state index contributed by atoms with van der Waals surface area (Å²) in [6.07, 6.45) is 4.76. The molecule has 5 heteroatoms. The van der Waals surface area contributed by atoms with Crippen LogP contribution < -0.4 is 5.32 Å². The third kappa shape index (κ3) is 3.79. The minimum absolute atomic E-state index is 0.125. The topological polar surface area (TPSA) is 55.4 Å². The van der Waals surface area contributed by atoms with Gasteiger partial charge < -0.3 is 10.1 Å². The lowest BCUT2D eigenvalue weighted by Gasteiger charge is -2.22. The molecule has 0 unspecified atom stereocenters. The zero-order chi connectivity index (χ0) is 14.5. The lowest BCUT2D eigenvalue weighted by atomic mass is 9.98. The first-order chi connectivity index (χ1) is 9.56. The number of amides is 1. The Morgan fingerprint density at radius 1 is 1.25 bits per heavy atom. The van der Waals surface area contributed by atoms with E-state index < -0.39 is 11.8 Å². The first-order valence-corrected chi connectivity index (χ1v) is 6.84. The number of halogens is 1. The molecular formula is C15H18FNO3. The van der Waals surface area contributed by atoms with E-state index in [1.807, 2.05) is 0 Å². The van der Waals surface area contributed by atoms with Gasteiger partial charge in [0.2, 0.25) is 5.91 Å². The number of anilines is 1. The van der Waals surface area contributed by atoms with Gasteiger partial charge in [-0.25, -0.2) is 9.18 Å². The molecule has 2 rings (SSSR count). The predicted octanol–water partition coefficient (Wildman–Crippen LogP) is 3.27. The van der Waals surface area contributed by atoms with Crippen LogP contribution in [0.3, 0.4) is 0 Å². The van der Waals surface area contributed by atoms with E-state index in [4.69, 9.17) is 4.74 Å². The zero-order valence-corrected chi connectivity index (χ0v) is 11.4. The molecule has 1 aliphatic rings. The molecule has 0 aliphatic heterocycles. The number of hydrogen-bond acceptors (Lipinski definition) is 3. The van der Waals surface area contributed by atoms with Crippen molar-refractivity contribution in [3.63, 3.8) is 0 Å². The molecule has 1 aromatic rings. The fourth-order valence-electron chi connectivity index (χ4n) is 2.36. The van der Waals surface area contributed by atoms with E-state index in [0.717, 1.165) is 38.2 Å². The summed E-state index contributed by atoms with van der Waals surface area (Å²) >= 11 is 0. The van der Waals surface area contributed by atoms with Crippen molar-refractivity contribution in [2.45, 2.75) is 45.1 Å². The van der Waals surface area contributed by atoms with Crippen molar-refractivity contribution in [2.75, 3.05) is 5.32 Å². The fourth-order valence-corrected chi connectivity index (χ4v) is 2.36. The highest BCUT2D eigenvalue weighted by Gasteiger charge is 2.21. The standard InChI is InChI=1S/C15H18FNO3/c1-10(18)17-11-7-8-14(16)13(9-11)15(19)20-12-5-3-2-4-6-12/h7-9,12H,2-6H2,1H3,(H,17,18). The Morgan fingerprint density at radius 3 is 2.60 bits per heavy atom. The third-order valence-electron chi connectivity index (χ3n) is 3.33. The Bertz CT molecular complexity index is 510. The predicted molar refractivity (Wildman–Crippen MR) is 73.0 cm³/mol. The molecule has 0 radical (unpaired) electrons. The largest absolute Gasteiger partial charge is 0.459 e. The summed E-state index contributed by atoms with van der Waals surface area (Å²) in [6.45, 7) is 1.35. The maximum atomic E-state index is 13.7. The van der Waals surface area contributed by atoms with E-state index >= 15 is 0 Å². The van der Waals surface area contributed by atoms with Crippen LogP contribution in [0, 0.1) is 5.82 Å². The van der Waals surface area contributed by atoms with Crippen LogP contribution in [0.15, 0.2) is 18.2 Å². The number of carbonyl (C=O) groups is 2. The summed E-state index contributed by atoms with van der Waals surface area (Å²) < 4.78 is 19.0. The summed E-state index contributed by atoms with van der Waals surface area (Å²) in [6, 6.07) is 3.87. The monoisotopic (exact) mass is 279 g/mol. The first-order valence-electron chi connectivity index (χ1n) is 6.84. The second kappa shape index (κ2) is 6.50. The Kier molecular flexibility index (Phi) is 4.71. The highest BCUT2D eigenvalue weighted by atomic mass is 19.1. The number of hydrogen-bond donors (Lipinski definition) is 1. The van der Waals surface area contributed by atoms with Crippen LogP contribution in [0.2, 0.25) is 0 Å². The zero-order valence-electron chi connectivity index (χ0n) is 11.4. The lowest BCUT2D eigenvalue weighted by Crippen LogP contribution is -2.21. The summed E-state index contributed by atoms with van der Waals surface area (Å²) in [5.74, 6) is -1.58. The van der Waals surface area contributed by atoms with Crippen LogP contribution in [-0.4, -0.2) is 18.0 Å². The van der Waals surface area contributed by atoms with Gasteiger partial charge in [-0.3, -0.25) is 4.79 Å². The second-order valence-corrected chi connectivity index (χ2v) is 5.04. The molecule has 0 spiro atoms. The SMILES string of the molecule is CC(=O)Nc1ccc(F)c(C(=O)OC2CCCCC2)c1. The van der Waals surface area contributed by atoms with Gasteiger partial charge in [-0.15, -0.1) is 0 Å². The average Bonchev–Trinajstić information content (AvgIpc) is 2.41. The number of ether oxygens (including phenoxy) is 1. The highest BCUT2D eigenvalue weighted by Crippen LogP contribution is 2.23. The van der Waals surface area contributed by atoms with Crippen LogP contribution >= 0.6 is 0 Å². The molecule has 1 fully saturated rings. The van der Waals surface area contributed by atoms with Crippen LogP contribution in [0.1, 0.15) is 49.4 Å². The van der Waals surface area contributed by atoms with Crippen molar-refractivity contribution in [1.29, 1.82) is 0 Å². The van der Waals surface area contributed by atoms with Crippen molar-refractivity contribution in [2.24, 2.45) is 0 Å². The van der Waals surface area contributed by atoms with E-state index in [2.05, 4.69) is 5.32 Å². The molecule has 1 saturated carbocycles. The molecule has 1 aromatic carbocycles. The van der Waals surface area contributed by atoms with Crippen molar-refractivity contribution in [1.82, 2.24) is 0 Å². The maximum Gasteiger partial charge on any atom is 0.341 e. The van der Waals surface area contributed by atoms with Crippen LogP contribution in [0.25, 0.3) is 0 Å². The Morgan fingerprint density at radius 2 is 1.95 bits per heavy atom. The summed E-state index contributed by atoms with van der Waals surface area (Å²) in [5.41, 5.74) is 0.247. The molecule has 4 nitrogen and oxygen atoms in total. The highest BCUT2D eigenvalue weighted by molar-refractivity contribution is 5.94. The summed E-state index contributed by atoms with van der Waals surface area (Å²) in [7, 11) is 0. The van der Waals surface area contributed by atoms with Gasteiger partial charge in [-0.1, -0.05) is 6.42 Å². The molecule has 0 heterocycles. The number of nitrogens with one attached hydrogen (secondary N) is 1. The second-order valence-electron chi connectivity index (χ2n) is 5.04. The Balaban J connectivity index is 2.09. The minimum Gasteiger partial charge on any atom is -0.459 e. The van der Waals surface area contributed by atoms with Gasteiger partial charge >= 0.3 is 5.97 Å². The maximum absolute atomic E-state index is 13.7. The molecule has 0 saturated heterocycles. The van der Waals surface area contributed by atoms with Crippen LogP contribution in [-0.2, 0) is 9.53 Å². The van der Waals surface area contributed by atoms with E-state index in [1.54, 1.807) is 0 Å². The van der Waals surface area contributed by atoms with E-state index in [-0.39, 0.29) is 17.6 Å². The lowest BCUT2D eigenvalue weighted by molar-refractivity contribution is -0.114. The molecule has 0 bridgehead atoms. The van der Waals surface area contributed by atoms with Crippen molar-refractivity contribution < 1.29 is 18.7 Å². The number of carbonyl (C=O) groups excluding carboxylic acids is 2. The third-order valence-corrected chi connectivity index (χ3v) is 3.33. The number of esters is 1. The normalized spacial score (nSPS) is 15.7. The first kappa shape index (κ1) is 14.5. The van der Waals surface area contributed by atoms with Crippen LogP contribution in [0.5, 0.6) is 0 Å². The average molecular weight is 279 g/mol. The van der Waals surface area contributed by atoms with Gasteiger partial charge in [0.1, 0.15) is 11.9 Å². The molecule has 20 heavy (non-hydrogen) atoms. The van der Waals surface area contributed by atoms with E-state index in [9.17, 15) is 14.0 Å². The molecule has 1 amide bonds. The number of benzene rings is 1. The molecular weight excluding hydrogens is 261 g/mol. The quantitative estimate of drug-likeness (QED) is 0.864. The smallest absolute Gasteiger partial charge is 0.341 e. The Labute approximate surface area is 117 Å². The molecule has 1 aliphatic carbocycles. The molecule has 1 N–H and O–H groups in total. The summed E-state index contributed by atoms with van der Waals surface area (Å²) in [4.78, 5) is 23.0. The van der Waals surface area contributed by atoms with Crippen molar-refractivity contribution in [3.8, 4) is 0 Å². The fraction of sp³-hybridized carbons (Fsp3) is 0.467. The summed E-state index contributed by atoms with van der Waals surface area (Å²) in [5, 5.41) is 2.52. The van der Waals surface area contributed by atoms with Crippen molar-refractivity contribution in [3.05, 3.63) is 29.6 Å². The molecule has 108 valence electrons. The van der Waals surface area contributed by atoms with E-state index in [0.29, 0.717) is 5.69 Å².